The lowest BCUT2D eigenvalue weighted by atomic mass is 10.2. The Hall–Kier alpha value is -3.99. The fraction of sp³-hybridized carbons (Fsp3) is 0.348. The highest BCUT2D eigenvalue weighted by molar-refractivity contribution is 5.73. The maximum absolute atomic E-state index is 9.74. The molecule has 3 aromatic heterocycles. The van der Waals surface area contributed by atoms with Crippen molar-refractivity contribution in [2.45, 2.75) is 18.9 Å². The zero-order chi connectivity index (χ0) is 23.7. The van der Waals surface area contributed by atoms with Gasteiger partial charge in [-0.15, -0.1) is 5.10 Å². The van der Waals surface area contributed by atoms with E-state index in [-0.39, 0.29) is 12.6 Å². The van der Waals surface area contributed by atoms with Crippen LogP contribution in [0.5, 0.6) is 17.2 Å². The highest BCUT2D eigenvalue weighted by Crippen LogP contribution is 2.39. The third-order valence-corrected chi connectivity index (χ3v) is 6.00. The highest BCUT2D eigenvalue weighted by Gasteiger charge is 2.27. The van der Waals surface area contributed by atoms with Gasteiger partial charge in [0.1, 0.15) is 17.7 Å². The van der Waals surface area contributed by atoms with E-state index in [1.807, 2.05) is 41.2 Å². The number of benzene rings is 1. The molecule has 0 bridgehead atoms. The van der Waals surface area contributed by atoms with Gasteiger partial charge in [0, 0.05) is 24.9 Å². The van der Waals surface area contributed by atoms with E-state index in [1.54, 1.807) is 32.2 Å². The first-order valence-electron chi connectivity index (χ1n) is 11.0. The number of aromatic nitrogens is 5. The van der Waals surface area contributed by atoms with Crippen molar-refractivity contribution < 1.29 is 19.3 Å². The van der Waals surface area contributed by atoms with Gasteiger partial charge in [0.05, 0.1) is 45.9 Å². The van der Waals surface area contributed by atoms with Gasteiger partial charge in [0.15, 0.2) is 17.3 Å². The summed E-state index contributed by atoms with van der Waals surface area (Å²) < 4.78 is 20.0. The number of methoxy groups -OCH3 is 3. The van der Waals surface area contributed by atoms with E-state index in [9.17, 15) is 5.11 Å². The molecule has 1 atom stereocenters. The Morgan fingerprint density at radius 3 is 2.65 bits per heavy atom. The number of aliphatic hydroxyl groups excluding tert-OH is 1. The second-order valence-corrected chi connectivity index (χ2v) is 7.95. The van der Waals surface area contributed by atoms with Crippen LogP contribution in [0.25, 0.3) is 11.2 Å². The average molecular weight is 466 g/mol. The third-order valence-electron chi connectivity index (χ3n) is 6.00. The quantitative estimate of drug-likeness (QED) is 0.406. The van der Waals surface area contributed by atoms with Gasteiger partial charge in [-0.3, -0.25) is 0 Å². The number of imidazole rings is 1. The molecule has 0 saturated carbocycles. The van der Waals surface area contributed by atoms with Crippen LogP contribution in [0, 0.1) is 0 Å². The first-order valence-corrected chi connectivity index (χ1v) is 11.0. The zero-order valence-electron chi connectivity index (χ0n) is 19.3. The van der Waals surface area contributed by atoms with Crippen molar-refractivity contribution in [1.29, 1.82) is 0 Å². The second kappa shape index (κ2) is 9.10. The number of hydrogen-bond donors (Lipinski definition) is 2. The van der Waals surface area contributed by atoms with Crippen LogP contribution >= 0.6 is 0 Å². The smallest absolute Gasteiger partial charge is 0.245 e. The largest absolute Gasteiger partial charge is 0.493 e. The molecular weight excluding hydrogens is 438 g/mol. The fourth-order valence-electron chi connectivity index (χ4n) is 4.29. The molecule has 1 aliphatic rings. The monoisotopic (exact) mass is 465 g/mol. The van der Waals surface area contributed by atoms with Crippen molar-refractivity contribution >= 4 is 23.1 Å². The minimum absolute atomic E-state index is 0.0279. The van der Waals surface area contributed by atoms with Crippen LogP contribution in [0.1, 0.15) is 12.8 Å². The van der Waals surface area contributed by atoms with Crippen molar-refractivity contribution in [3.05, 3.63) is 43.0 Å². The van der Waals surface area contributed by atoms with E-state index in [1.165, 1.54) is 0 Å². The van der Waals surface area contributed by atoms with Crippen molar-refractivity contribution in [2.75, 3.05) is 44.7 Å². The predicted molar refractivity (Wildman–Crippen MR) is 127 cm³/mol. The summed E-state index contributed by atoms with van der Waals surface area (Å²) in [6, 6.07) is 7.59. The molecule has 0 amide bonds. The molecular formula is C23H27N7O4. The number of aliphatic hydroxyl groups is 1. The fourth-order valence-corrected chi connectivity index (χ4v) is 4.29. The van der Waals surface area contributed by atoms with Crippen LogP contribution in [0.15, 0.2) is 43.0 Å². The Labute approximate surface area is 196 Å². The van der Waals surface area contributed by atoms with Crippen LogP contribution in [0.4, 0.5) is 17.6 Å². The number of fused-ring (bicyclic) bond motifs is 1. The predicted octanol–water partition coefficient (Wildman–Crippen LogP) is 2.65. The molecule has 0 unspecified atom stereocenters. The van der Waals surface area contributed by atoms with Gasteiger partial charge in [0.25, 0.3) is 0 Å². The molecule has 11 nitrogen and oxygen atoms in total. The van der Waals surface area contributed by atoms with E-state index in [2.05, 4.69) is 20.3 Å². The molecule has 11 heteroatoms. The molecule has 1 fully saturated rings. The minimum atomic E-state index is 0.0279. The first kappa shape index (κ1) is 21.8. The summed E-state index contributed by atoms with van der Waals surface area (Å²) in [6.45, 7) is 0.891. The van der Waals surface area contributed by atoms with E-state index in [0.717, 1.165) is 30.6 Å². The minimum Gasteiger partial charge on any atom is -0.493 e. The Bertz CT molecular complexity index is 1280. The van der Waals surface area contributed by atoms with Gasteiger partial charge in [-0.05, 0) is 25.0 Å². The van der Waals surface area contributed by atoms with Crippen LogP contribution in [0.3, 0.4) is 0 Å². The molecule has 178 valence electrons. The molecule has 0 aliphatic carbocycles. The Balaban J connectivity index is 1.47. The summed E-state index contributed by atoms with van der Waals surface area (Å²) in [4.78, 5) is 11.3. The number of anilines is 3. The van der Waals surface area contributed by atoms with Gasteiger partial charge in [0.2, 0.25) is 11.7 Å². The zero-order valence-corrected chi connectivity index (χ0v) is 19.3. The standard InChI is InChI=1S/C23H27N7O4/c1-32-18-10-16(11-19(33-2)21(18)34-3)28-12-20(24-14-28)25-22-17-7-5-9-30(17)27-23(26-22)29-8-4-6-15(29)13-31/h5,7,9-12,14-15,31H,4,6,8,13H2,1-3H3,(H,25,26,27)/t15-/m1/s1. The van der Waals surface area contributed by atoms with Crippen LogP contribution in [0.2, 0.25) is 0 Å². The summed E-state index contributed by atoms with van der Waals surface area (Å²) >= 11 is 0. The Morgan fingerprint density at radius 1 is 1.15 bits per heavy atom. The molecule has 4 aromatic rings. The average Bonchev–Trinajstić information content (AvgIpc) is 3.63. The van der Waals surface area contributed by atoms with E-state index in [0.29, 0.717) is 34.8 Å². The summed E-state index contributed by atoms with van der Waals surface area (Å²) in [5.74, 6) is 3.46. The molecule has 0 spiro atoms. The molecule has 1 saturated heterocycles. The molecule has 2 N–H and O–H groups in total. The van der Waals surface area contributed by atoms with Crippen LogP contribution in [-0.4, -0.2) is 69.8 Å². The normalized spacial score (nSPS) is 15.6. The van der Waals surface area contributed by atoms with Crippen molar-refractivity contribution in [2.24, 2.45) is 0 Å². The van der Waals surface area contributed by atoms with Gasteiger partial charge >= 0.3 is 0 Å². The third kappa shape index (κ3) is 3.83. The molecule has 34 heavy (non-hydrogen) atoms. The number of rotatable bonds is 8. The number of ether oxygens (including phenoxy) is 3. The lowest BCUT2D eigenvalue weighted by molar-refractivity contribution is 0.265. The summed E-state index contributed by atoms with van der Waals surface area (Å²) in [7, 11) is 4.74. The SMILES string of the molecule is COc1cc(-n2cnc(Nc3nc(N4CCC[C@@H]4CO)nn4cccc34)c2)cc(OC)c1OC. The molecule has 5 rings (SSSR count). The number of nitrogens with one attached hydrogen (secondary N) is 1. The first-order chi connectivity index (χ1) is 16.6. The van der Waals surface area contributed by atoms with E-state index in [4.69, 9.17) is 19.2 Å². The second-order valence-electron chi connectivity index (χ2n) is 7.95. The summed E-state index contributed by atoms with van der Waals surface area (Å²) in [6.07, 6.45) is 7.35. The lowest BCUT2D eigenvalue weighted by Crippen LogP contribution is -2.34. The molecule has 4 heterocycles. The van der Waals surface area contributed by atoms with E-state index < -0.39 is 0 Å². The summed E-state index contributed by atoms with van der Waals surface area (Å²) in [5.41, 5.74) is 1.62. The van der Waals surface area contributed by atoms with Crippen molar-refractivity contribution in [3.63, 3.8) is 0 Å². The Kier molecular flexibility index (Phi) is 5.84. The maximum atomic E-state index is 9.74. The maximum Gasteiger partial charge on any atom is 0.245 e. The van der Waals surface area contributed by atoms with E-state index >= 15 is 0 Å². The van der Waals surface area contributed by atoms with Crippen LogP contribution in [-0.2, 0) is 0 Å². The molecule has 0 radical (unpaired) electrons. The van der Waals surface area contributed by atoms with Crippen LogP contribution < -0.4 is 24.4 Å². The van der Waals surface area contributed by atoms with Gasteiger partial charge in [-0.25, -0.2) is 9.50 Å². The van der Waals surface area contributed by atoms with Gasteiger partial charge in [-0.2, -0.15) is 4.98 Å². The van der Waals surface area contributed by atoms with Crippen molar-refractivity contribution in [1.82, 2.24) is 24.1 Å². The lowest BCUT2D eigenvalue weighted by Gasteiger charge is -2.23. The van der Waals surface area contributed by atoms with Gasteiger partial charge < -0.3 is 34.1 Å². The highest BCUT2D eigenvalue weighted by atomic mass is 16.5. The topological polar surface area (TPSA) is 111 Å². The number of hydrogen-bond acceptors (Lipinski definition) is 9. The van der Waals surface area contributed by atoms with Gasteiger partial charge in [-0.1, -0.05) is 0 Å². The Morgan fingerprint density at radius 2 is 1.94 bits per heavy atom. The number of nitrogens with zero attached hydrogens (tertiary/aromatic N) is 6. The van der Waals surface area contributed by atoms with Crippen molar-refractivity contribution in [3.8, 4) is 22.9 Å². The molecule has 1 aliphatic heterocycles. The molecule has 1 aromatic carbocycles. The summed E-state index contributed by atoms with van der Waals surface area (Å²) in [5, 5.41) is 17.7.